The fourth-order valence-electron chi connectivity index (χ4n) is 3.41. The second-order valence-corrected chi connectivity index (χ2v) is 9.72. The summed E-state index contributed by atoms with van der Waals surface area (Å²) in [4.78, 5) is 30.4. The van der Waals surface area contributed by atoms with E-state index in [4.69, 9.17) is 11.6 Å². The lowest BCUT2D eigenvalue weighted by Gasteiger charge is -2.16. The van der Waals surface area contributed by atoms with Crippen LogP contribution < -0.4 is 10.6 Å². The molecule has 7 heteroatoms. The smallest absolute Gasteiger partial charge is 0.267 e. The van der Waals surface area contributed by atoms with E-state index in [9.17, 15) is 9.59 Å². The molecule has 5 nitrogen and oxygen atoms in total. The number of nitrogens with one attached hydrogen (secondary N) is 2. The normalized spacial score (nSPS) is 12.0. The maximum absolute atomic E-state index is 12.6. The summed E-state index contributed by atoms with van der Waals surface area (Å²) in [5.41, 5.74) is 3.90. The molecule has 0 aliphatic carbocycles. The predicted molar refractivity (Wildman–Crippen MR) is 132 cm³/mol. The van der Waals surface area contributed by atoms with Crippen LogP contribution in [0.3, 0.4) is 0 Å². The molecule has 0 saturated carbocycles. The Bertz CT molecular complexity index is 1100. The molecule has 1 heterocycles. The van der Waals surface area contributed by atoms with E-state index in [1.54, 1.807) is 6.07 Å². The van der Waals surface area contributed by atoms with Crippen LogP contribution >= 0.6 is 22.9 Å². The van der Waals surface area contributed by atoms with Gasteiger partial charge in [-0.2, -0.15) is 0 Å². The van der Waals surface area contributed by atoms with Crippen molar-refractivity contribution in [2.75, 3.05) is 5.32 Å². The number of hydrogen-bond acceptors (Lipinski definition) is 4. The molecule has 1 aromatic heterocycles. The summed E-state index contributed by atoms with van der Waals surface area (Å²) in [5.74, 6) is -0.0237. The number of carbonyl (C=O) groups excluding carboxylic acids is 2. The van der Waals surface area contributed by atoms with Crippen molar-refractivity contribution in [3.8, 4) is 0 Å². The van der Waals surface area contributed by atoms with Crippen molar-refractivity contribution in [1.29, 1.82) is 0 Å². The van der Waals surface area contributed by atoms with Gasteiger partial charge in [0.05, 0.1) is 21.3 Å². The van der Waals surface area contributed by atoms with Crippen LogP contribution in [-0.4, -0.2) is 22.8 Å². The molecule has 1 unspecified atom stereocenters. The molecule has 3 rings (SSSR count). The lowest BCUT2D eigenvalue weighted by atomic mass is 10.0. The van der Waals surface area contributed by atoms with Crippen LogP contribution in [0.15, 0.2) is 42.5 Å². The number of benzene rings is 2. The Morgan fingerprint density at radius 3 is 2.31 bits per heavy atom. The molecule has 0 saturated heterocycles. The molecule has 0 aliphatic heterocycles. The third kappa shape index (κ3) is 5.75. The summed E-state index contributed by atoms with van der Waals surface area (Å²) in [6.45, 7) is 9.82. The Hall–Kier alpha value is -2.70. The number of amides is 2. The Labute approximate surface area is 198 Å². The molecule has 168 valence electrons. The van der Waals surface area contributed by atoms with E-state index in [-0.39, 0.29) is 17.9 Å². The lowest BCUT2D eigenvalue weighted by molar-refractivity contribution is 0.0938. The van der Waals surface area contributed by atoms with Gasteiger partial charge in [-0.1, -0.05) is 49.7 Å². The molecule has 0 radical (unpaired) electrons. The highest BCUT2D eigenvalue weighted by atomic mass is 35.5. The van der Waals surface area contributed by atoms with Gasteiger partial charge in [-0.05, 0) is 56.5 Å². The monoisotopic (exact) mass is 469 g/mol. The molecule has 32 heavy (non-hydrogen) atoms. The topological polar surface area (TPSA) is 71.1 Å². The molecular weight excluding hydrogens is 442 g/mol. The maximum Gasteiger partial charge on any atom is 0.267 e. The number of nitrogens with zero attached hydrogens (tertiary/aromatic N) is 1. The summed E-state index contributed by atoms with van der Waals surface area (Å²) in [6, 6.07) is 13.0. The number of anilines is 1. The summed E-state index contributed by atoms with van der Waals surface area (Å²) in [6.07, 6.45) is 0.662. The summed E-state index contributed by atoms with van der Waals surface area (Å²) < 4.78 is 0. The van der Waals surface area contributed by atoms with E-state index in [1.165, 1.54) is 11.3 Å². The minimum atomic E-state index is -0.176. The van der Waals surface area contributed by atoms with E-state index in [2.05, 4.69) is 29.5 Å². The average molecular weight is 470 g/mol. The van der Waals surface area contributed by atoms with Gasteiger partial charge in [0.15, 0.2) is 0 Å². The minimum absolute atomic E-state index is 0.0760. The van der Waals surface area contributed by atoms with Crippen molar-refractivity contribution < 1.29 is 9.59 Å². The van der Waals surface area contributed by atoms with Crippen molar-refractivity contribution >= 4 is 40.4 Å². The SMILES string of the molecule is Cc1cccc(Cl)c1C(=O)NC(C)Cc1ccc(NC(=O)c2sc(C(C)C)nc2C)cc1. The van der Waals surface area contributed by atoms with Crippen LogP contribution in [0, 0.1) is 13.8 Å². The molecule has 3 aromatic rings. The predicted octanol–water partition coefficient (Wildman–Crippen LogP) is 6.15. The zero-order valence-corrected chi connectivity index (χ0v) is 20.5. The molecule has 1 atom stereocenters. The van der Waals surface area contributed by atoms with Crippen molar-refractivity contribution in [3.63, 3.8) is 0 Å². The third-order valence-corrected chi connectivity index (χ3v) is 6.87. The van der Waals surface area contributed by atoms with E-state index in [1.807, 2.05) is 57.2 Å². The van der Waals surface area contributed by atoms with Gasteiger partial charge in [-0.25, -0.2) is 4.98 Å². The van der Waals surface area contributed by atoms with Gasteiger partial charge in [-0.15, -0.1) is 11.3 Å². The zero-order valence-electron chi connectivity index (χ0n) is 19.0. The highest BCUT2D eigenvalue weighted by Crippen LogP contribution is 2.25. The molecule has 2 N–H and O–H groups in total. The molecule has 0 aliphatic rings. The van der Waals surface area contributed by atoms with Crippen LogP contribution in [0.4, 0.5) is 5.69 Å². The van der Waals surface area contributed by atoms with Crippen molar-refractivity contribution in [2.24, 2.45) is 0 Å². The fraction of sp³-hybridized carbons (Fsp3) is 0.320. The fourth-order valence-corrected chi connectivity index (χ4v) is 4.68. The Balaban J connectivity index is 1.59. The second-order valence-electron chi connectivity index (χ2n) is 8.28. The first-order chi connectivity index (χ1) is 15.2. The largest absolute Gasteiger partial charge is 0.349 e. The first-order valence-corrected chi connectivity index (χ1v) is 11.8. The molecule has 0 bridgehead atoms. The van der Waals surface area contributed by atoms with Crippen molar-refractivity contribution in [3.05, 3.63) is 79.8 Å². The Kier molecular flexibility index (Phi) is 7.69. The van der Waals surface area contributed by atoms with Crippen LogP contribution in [0.2, 0.25) is 5.02 Å². The molecule has 2 amide bonds. The quantitative estimate of drug-likeness (QED) is 0.436. The number of rotatable bonds is 7. The number of hydrogen-bond donors (Lipinski definition) is 2. The first-order valence-electron chi connectivity index (χ1n) is 10.6. The van der Waals surface area contributed by atoms with Crippen LogP contribution in [0.1, 0.15) is 68.5 Å². The van der Waals surface area contributed by atoms with Gasteiger partial charge in [0.1, 0.15) is 4.88 Å². The summed E-state index contributed by atoms with van der Waals surface area (Å²) in [5, 5.41) is 7.37. The van der Waals surface area contributed by atoms with Crippen LogP contribution in [0.25, 0.3) is 0 Å². The maximum atomic E-state index is 12.6. The zero-order chi connectivity index (χ0) is 23.4. The average Bonchev–Trinajstić information content (AvgIpc) is 3.11. The van der Waals surface area contributed by atoms with E-state index < -0.39 is 0 Å². The van der Waals surface area contributed by atoms with Gasteiger partial charge in [0.2, 0.25) is 0 Å². The summed E-state index contributed by atoms with van der Waals surface area (Å²) >= 11 is 7.64. The van der Waals surface area contributed by atoms with Crippen LogP contribution in [0.5, 0.6) is 0 Å². The highest BCUT2D eigenvalue weighted by molar-refractivity contribution is 7.14. The second kappa shape index (κ2) is 10.3. The van der Waals surface area contributed by atoms with E-state index in [0.29, 0.717) is 27.8 Å². The van der Waals surface area contributed by atoms with Crippen molar-refractivity contribution in [1.82, 2.24) is 10.3 Å². The summed E-state index contributed by atoms with van der Waals surface area (Å²) in [7, 11) is 0. The first kappa shape index (κ1) is 24.0. The lowest BCUT2D eigenvalue weighted by Crippen LogP contribution is -2.34. The number of aryl methyl sites for hydroxylation is 2. The third-order valence-electron chi connectivity index (χ3n) is 5.09. The molecule has 0 fully saturated rings. The van der Waals surface area contributed by atoms with Gasteiger partial charge < -0.3 is 10.6 Å². The van der Waals surface area contributed by atoms with Gasteiger partial charge in [0, 0.05) is 17.6 Å². The van der Waals surface area contributed by atoms with Crippen LogP contribution in [-0.2, 0) is 6.42 Å². The molecular formula is C25H28ClN3O2S. The van der Waals surface area contributed by atoms with Gasteiger partial charge in [0.25, 0.3) is 11.8 Å². The Morgan fingerprint density at radius 2 is 1.72 bits per heavy atom. The van der Waals surface area contributed by atoms with E-state index >= 15 is 0 Å². The number of thiazole rings is 1. The number of aromatic nitrogens is 1. The van der Waals surface area contributed by atoms with Crippen molar-refractivity contribution in [2.45, 2.75) is 53.0 Å². The van der Waals surface area contributed by atoms with E-state index in [0.717, 1.165) is 27.5 Å². The minimum Gasteiger partial charge on any atom is -0.349 e. The van der Waals surface area contributed by atoms with Gasteiger partial charge in [-0.3, -0.25) is 9.59 Å². The highest BCUT2D eigenvalue weighted by Gasteiger charge is 2.18. The number of halogens is 1. The molecule has 2 aromatic carbocycles. The number of carbonyl (C=O) groups is 2. The Morgan fingerprint density at radius 1 is 1.03 bits per heavy atom. The standard InChI is InChI=1S/C25H28ClN3O2S/c1-14(2)25-28-17(5)22(32-25)24(31)29-19-11-9-18(10-12-19)13-16(4)27-23(30)21-15(3)7-6-8-20(21)26/h6-12,14,16H,13H2,1-5H3,(H,27,30)(H,29,31). The van der Waals surface area contributed by atoms with Gasteiger partial charge >= 0.3 is 0 Å². The molecule has 0 spiro atoms.